The average molecular weight is 314 g/mol. The number of nitrogens with one attached hydrogen (secondary N) is 2. The highest BCUT2D eigenvalue weighted by molar-refractivity contribution is 7.90. The van der Waals surface area contributed by atoms with Gasteiger partial charge >= 0.3 is 5.97 Å². The predicted molar refractivity (Wildman–Crippen MR) is 78.8 cm³/mol. The number of anilines is 1. The van der Waals surface area contributed by atoms with Gasteiger partial charge in [0.2, 0.25) is 5.91 Å². The minimum atomic E-state index is -3.27. The Labute approximate surface area is 123 Å². The quantitative estimate of drug-likeness (QED) is 0.627. The second kappa shape index (κ2) is 7.63. The van der Waals surface area contributed by atoms with E-state index in [-0.39, 0.29) is 18.7 Å². The lowest BCUT2D eigenvalue weighted by Gasteiger charge is -2.14. The number of amides is 1. The van der Waals surface area contributed by atoms with Gasteiger partial charge in [-0.3, -0.25) is 4.79 Å². The first-order chi connectivity index (χ1) is 9.78. The SMILES string of the molecule is CS(=O)(=O)CCC(NC(=O)CNc1ccccc1)C(=O)O. The summed E-state index contributed by atoms with van der Waals surface area (Å²) < 4.78 is 22.1. The van der Waals surface area contributed by atoms with Crippen molar-refractivity contribution in [1.29, 1.82) is 0 Å². The lowest BCUT2D eigenvalue weighted by Crippen LogP contribution is -2.44. The highest BCUT2D eigenvalue weighted by Gasteiger charge is 2.21. The van der Waals surface area contributed by atoms with Crippen molar-refractivity contribution in [2.45, 2.75) is 12.5 Å². The van der Waals surface area contributed by atoms with Gasteiger partial charge in [-0.15, -0.1) is 0 Å². The summed E-state index contributed by atoms with van der Waals surface area (Å²) in [6.45, 7) is -0.0906. The Hall–Kier alpha value is -2.09. The largest absolute Gasteiger partial charge is 0.480 e. The van der Waals surface area contributed by atoms with Crippen molar-refractivity contribution in [3.63, 3.8) is 0 Å². The van der Waals surface area contributed by atoms with Crippen LogP contribution in [0.5, 0.6) is 0 Å². The smallest absolute Gasteiger partial charge is 0.326 e. The molecule has 1 atom stereocenters. The topological polar surface area (TPSA) is 113 Å². The zero-order chi connectivity index (χ0) is 15.9. The van der Waals surface area contributed by atoms with Gasteiger partial charge in [0.1, 0.15) is 15.9 Å². The number of carbonyl (C=O) groups excluding carboxylic acids is 1. The molecule has 8 heteroatoms. The van der Waals surface area contributed by atoms with Gasteiger partial charge in [-0.2, -0.15) is 0 Å². The van der Waals surface area contributed by atoms with Crippen molar-refractivity contribution >= 4 is 27.4 Å². The molecule has 0 heterocycles. The van der Waals surface area contributed by atoms with Gasteiger partial charge in [0.15, 0.2) is 0 Å². The maximum atomic E-state index is 11.7. The molecule has 0 saturated heterocycles. The van der Waals surface area contributed by atoms with E-state index in [2.05, 4.69) is 10.6 Å². The van der Waals surface area contributed by atoms with Crippen LogP contribution in [0, 0.1) is 0 Å². The molecular weight excluding hydrogens is 296 g/mol. The molecule has 1 amide bonds. The molecule has 0 fully saturated rings. The molecule has 7 nitrogen and oxygen atoms in total. The fourth-order valence-electron chi connectivity index (χ4n) is 1.57. The van der Waals surface area contributed by atoms with Crippen LogP contribution in [0.1, 0.15) is 6.42 Å². The highest BCUT2D eigenvalue weighted by Crippen LogP contribution is 2.04. The number of aliphatic carboxylic acids is 1. The molecule has 0 aliphatic rings. The number of hydrogen-bond donors (Lipinski definition) is 3. The molecule has 0 aliphatic carbocycles. The number of carboxylic acids is 1. The zero-order valence-electron chi connectivity index (χ0n) is 11.6. The molecule has 0 aromatic heterocycles. The van der Waals surface area contributed by atoms with Crippen LogP contribution in [0.25, 0.3) is 0 Å². The maximum absolute atomic E-state index is 11.7. The van der Waals surface area contributed by atoms with Crippen LogP contribution >= 0.6 is 0 Å². The number of carbonyl (C=O) groups is 2. The van der Waals surface area contributed by atoms with Gasteiger partial charge in [-0.25, -0.2) is 13.2 Å². The molecule has 3 N–H and O–H groups in total. The van der Waals surface area contributed by atoms with Gasteiger partial charge in [-0.05, 0) is 18.6 Å². The third-order valence-electron chi connectivity index (χ3n) is 2.64. The monoisotopic (exact) mass is 314 g/mol. The summed E-state index contributed by atoms with van der Waals surface area (Å²) in [6, 6.07) is 7.75. The van der Waals surface area contributed by atoms with Crippen molar-refractivity contribution in [1.82, 2.24) is 5.32 Å². The lowest BCUT2D eigenvalue weighted by molar-refractivity contribution is -0.141. The highest BCUT2D eigenvalue weighted by atomic mass is 32.2. The van der Waals surface area contributed by atoms with Crippen molar-refractivity contribution in [3.8, 4) is 0 Å². The third kappa shape index (κ3) is 7.31. The summed E-state index contributed by atoms with van der Waals surface area (Å²) in [5.41, 5.74) is 0.732. The summed E-state index contributed by atoms with van der Waals surface area (Å²) in [4.78, 5) is 22.7. The molecule has 1 unspecified atom stereocenters. The van der Waals surface area contributed by atoms with E-state index < -0.39 is 27.8 Å². The molecule has 0 aliphatic heterocycles. The molecule has 1 aromatic carbocycles. The number of para-hydroxylation sites is 1. The summed E-state index contributed by atoms with van der Waals surface area (Å²) in [6.07, 6.45) is 0.857. The van der Waals surface area contributed by atoms with E-state index in [9.17, 15) is 18.0 Å². The van der Waals surface area contributed by atoms with Gasteiger partial charge < -0.3 is 15.7 Å². The maximum Gasteiger partial charge on any atom is 0.326 e. The van der Waals surface area contributed by atoms with E-state index in [1.807, 2.05) is 6.07 Å². The van der Waals surface area contributed by atoms with Crippen LogP contribution in [-0.2, 0) is 19.4 Å². The molecule has 0 bridgehead atoms. The standard InChI is InChI=1S/C13H18N2O5S/c1-21(19,20)8-7-11(13(17)18)15-12(16)9-14-10-5-3-2-4-6-10/h2-6,11,14H,7-9H2,1H3,(H,15,16)(H,17,18). The zero-order valence-corrected chi connectivity index (χ0v) is 12.4. The van der Waals surface area contributed by atoms with Crippen LogP contribution in [0.2, 0.25) is 0 Å². The molecular formula is C13H18N2O5S. The summed E-state index contributed by atoms with van der Waals surface area (Å²) in [5, 5.41) is 14.1. The Morgan fingerprint density at radius 2 is 1.86 bits per heavy atom. The van der Waals surface area contributed by atoms with E-state index in [4.69, 9.17) is 5.11 Å². The van der Waals surface area contributed by atoms with Gasteiger partial charge in [0.25, 0.3) is 0 Å². The van der Waals surface area contributed by atoms with Gasteiger partial charge in [-0.1, -0.05) is 18.2 Å². The molecule has 21 heavy (non-hydrogen) atoms. The summed E-state index contributed by atoms with van der Waals surface area (Å²) >= 11 is 0. The second-order valence-electron chi connectivity index (χ2n) is 4.60. The molecule has 0 radical (unpaired) electrons. The number of rotatable bonds is 8. The van der Waals surface area contributed by atoms with Crippen LogP contribution in [-0.4, -0.2) is 50.0 Å². The van der Waals surface area contributed by atoms with Crippen molar-refractivity contribution in [3.05, 3.63) is 30.3 Å². The first-order valence-corrected chi connectivity index (χ1v) is 8.33. The van der Waals surface area contributed by atoms with Crippen molar-refractivity contribution < 1.29 is 23.1 Å². The van der Waals surface area contributed by atoms with Crippen molar-refractivity contribution in [2.24, 2.45) is 0 Å². The van der Waals surface area contributed by atoms with E-state index >= 15 is 0 Å². The van der Waals surface area contributed by atoms with Crippen molar-refractivity contribution in [2.75, 3.05) is 23.9 Å². The average Bonchev–Trinajstić information content (AvgIpc) is 2.41. The van der Waals surface area contributed by atoms with Crippen LogP contribution in [0.3, 0.4) is 0 Å². The minimum absolute atomic E-state index is 0.0906. The van der Waals surface area contributed by atoms with E-state index in [1.54, 1.807) is 24.3 Å². The molecule has 0 saturated carbocycles. The van der Waals surface area contributed by atoms with Gasteiger partial charge in [0, 0.05) is 11.9 Å². The van der Waals surface area contributed by atoms with Crippen LogP contribution in [0.15, 0.2) is 30.3 Å². The van der Waals surface area contributed by atoms with Crippen LogP contribution < -0.4 is 10.6 Å². The Morgan fingerprint density at radius 1 is 1.24 bits per heavy atom. The number of hydrogen-bond acceptors (Lipinski definition) is 5. The van der Waals surface area contributed by atoms with E-state index in [1.165, 1.54) is 0 Å². The van der Waals surface area contributed by atoms with E-state index in [0.717, 1.165) is 11.9 Å². The lowest BCUT2D eigenvalue weighted by atomic mass is 10.2. The molecule has 116 valence electrons. The minimum Gasteiger partial charge on any atom is -0.480 e. The number of benzene rings is 1. The first-order valence-electron chi connectivity index (χ1n) is 6.27. The Bertz CT molecular complexity index is 586. The summed E-state index contributed by atoms with van der Waals surface area (Å²) in [5.74, 6) is -2.07. The fourth-order valence-corrected chi connectivity index (χ4v) is 2.24. The summed E-state index contributed by atoms with van der Waals surface area (Å²) in [7, 11) is -3.27. The Morgan fingerprint density at radius 3 is 2.38 bits per heavy atom. The predicted octanol–water partition coefficient (Wildman–Crippen LogP) is 0.103. The molecule has 1 rings (SSSR count). The fraction of sp³-hybridized carbons (Fsp3) is 0.385. The second-order valence-corrected chi connectivity index (χ2v) is 6.86. The van der Waals surface area contributed by atoms with Crippen LogP contribution in [0.4, 0.5) is 5.69 Å². The first kappa shape index (κ1) is 17.0. The Kier molecular flexibility index (Phi) is 6.16. The number of carboxylic acid groups (broad SMARTS) is 1. The molecule has 1 aromatic rings. The van der Waals surface area contributed by atoms with Gasteiger partial charge in [0.05, 0.1) is 12.3 Å². The third-order valence-corrected chi connectivity index (χ3v) is 3.61. The number of sulfone groups is 1. The molecule has 0 spiro atoms. The normalized spacial score (nSPS) is 12.4. The van der Waals surface area contributed by atoms with E-state index in [0.29, 0.717) is 0 Å². The Balaban J connectivity index is 2.47.